The number of nitrogen functional groups attached to an aromatic ring is 1. The summed E-state index contributed by atoms with van der Waals surface area (Å²) in [5, 5.41) is 1.01. The van der Waals surface area contributed by atoms with Crippen LogP contribution in [0.15, 0.2) is 24.3 Å². The van der Waals surface area contributed by atoms with Gasteiger partial charge in [0.05, 0.1) is 5.56 Å². The van der Waals surface area contributed by atoms with Gasteiger partial charge in [-0.3, -0.25) is 9.80 Å². The smallest absolute Gasteiger partial charge is 0.269 e. The molecular weight excluding hydrogens is 178 g/mol. The molecule has 0 bridgehead atoms. The second-order valence-corrected chi connectivity index (χ2v) is 2.50. The molecule has 0 atom stereocenters. The highest BCUT2D eigenvalue weighted by atomic mass is 16.2. The van der Waals surface area contributed by atoms with E-state index in [1.807, 2.05) is 13.8 Å². The van der Waals surface area contributed by atoms with Crippen LogP contribution >= 0.6 is 0 Å². The topological polar surface area (TPSA) is 72.3 Å². The fourth-order valence-electron chi connectivity index (χ4n) is 0.882. The summed E-state index contributed by atoms with van der Waals surface area (Å²) in [6.07, 6.45) is 0. The zero-order chi connectivity index (χ0) is 11.1. The lowest BCUT2D eigenvalue weighted by molar-refractivity contribution is 0.0796. The molecule has 0 aromatic heterocycles. The predicted molar refractivity (Wildman–Crippen MR) is 58.5 cm³/mol. The molecule has 0 unspecified atom stereocenters. The molecule has 0 aliphatic heterocycles. The molecule has 0 fully saturated rings. The van der Waals surface area contributed by atoms with Gasteiger partial charge in [-0.15, -0.1) is 0 Å². The Kier molecular flexibility index (Phi) is 5.33. The number of hydrazine groups is 1. The van der Waals surface area contributed by atoms with E-state index in [1.165, 1.54) is 7.05 Å². The molecule has 4 heteroatoms. The zero-order valence-electron chi connectivity index (χ0n) is 8.82. The Labute approximate surface area is 84.5 Å². The number of amides is 1. The van der Waals surface area contributed by atoms with Gasteiger partial charge in [0, 0.05) is 12.7 Å². The van der Waals surface area contributed by atoms with Gasteiger partial charge >= 0.3 is 0 Å². The summed E-state index contributed by atoms with van der Waals surface area (Å²) in [6.45, 7) is 4.00. The van der Waals surface area contributed by atoms with E-state index >= 15 is 0 Å². The van der Waals surface area contributed by atoms with Crippen molar-refractivity contribution in [1.82, 2.24) is 5.01 Å². The molecule has 1 amide bonds. The summed E-state index contributed by atoms with van der Waals surface area (Å²) in [7, 11) is 1.48. The Morgan fingerprint density at radius 2 is 1.79 bits per heavy atom. The van der Waals surface area contributed by atoms with Crippen molar-refractivity contribution in [2.45, 2.75) is 13.8 Å². The number of nitrogens with zero attached hydrogens (tertiary/aromatic N) is 1. The van der Waals surface area contributed by atoms with E-state index in [1.54, 1.807) is 24.3 Å². The number of carbonyl (C=O) groups is 1. The van der Waals surface area contributed by atoms with Gasteiger partial charge in [-0.05, 0) is 12.1 Å². The molecule has 0 heterocycles. The minimum absolute atomic E-state index is 0.284. The summed E-state index contributed by atoms with van der Waals surface area (Å²) >= 11 is 0. The highest BCUT2D eigenvalue weighted by Crippen LogP contribution is 2.10. The first kappa shape index (κ1) is 12.4. The molecule has 0 aliphatic rings. The van der Waals surface area contributed by atoms with Crippen LogP contribution in [0.5, 0.6) is 0 Å². The van der Waals surface area contributed by atoms with Crippen molar-refractivity contribution < 1.29 is 4.79 Å². The van der Waals surface area contributed by atoms with Crippen molar-refractivity contribution in [3.05, 3.63) is 29.8 Å². The molecule has 1 rings (SSSR count). The van der Waals surface area contributed by atoms with Crippen LogP contribution in [0.2, 0.25) is 0 Å². The van der Waals surface area contributed by atoms with Gasteiger partial charge in [0.2, 0.25) is 0 Å². The third-order valence-electron chi connectivity index (χ3n) is 1.51. The maximum atomic E-state index is 11.3. The van der Waals surface area contributed by atoms with Crippen molar-refractivity contribution in [3.8, 4) is 0 Å². The second kappa shape index (κ2) is 5.99. The fourth-order valence-corrected chi connectivity index (χ4v) is 0.882. The van der Waals surface area contributed by atoms with Crippen LogP contribution in [0, 0.1) is 0 Å². The molecular formula is C10H17N3O. The maximum absolute atomic E-state index is 11.3. The third-order valence-corrected chi connectivity index (χ3v) is 1.51. The van der Waals surface area contributed by atoms with E-state index in [-0.39, 0.29) is 5.91 Å². The number of anilines is 1. The standard InChI is InChI=1S/C8H11N3O.C2H6/c1-11(10)8(12)6-4-2-3-5-7(6)9;1-2/h2-5H,9-10H2,1H3;1-2H3. The van der Waals surface area contributed by atoms with E-state index in [9.17, 15) is 4.79 Å². The Balaban J connectivity index is 0.000000791. The monoisotopic (exact) mass is 195 g/mol. The van der Waals surface area contributed by atoms with E-state index in [4.69, 9.17) is 11.6 Å². The van der Waals surface area contributed by atoms with Crippen molar-refractivity contribution in [2.75, 3.05) is 12.8 Å². The molecule has 0 radical (unpaired) electrons. The lowest BCUT2D eigenvalue weighted by Crippen LogP contribution is -2.33. The van der Waals surface area contributed by atoms with Crippen molar-refractivity contribution >= 4 is 11.6 Å². The Morgan fingerprint density at radius 3 is 2.21 bits per heavy atom. The van der Waals surface area contributed by atoms with Gasteiger partial charge in [0.15, 0.2) is 0 Å². The van der Waals surface area contributed by atoms with Crippen molar-refractivity contribution in [3.63, 3.8) is 0 Å². The van der Waals surface area contributed by atoms with Crippen LogP contribution in [0.1, 0.15) is 24.2 Å². The van der Waals surface area contributed by atoms with Gasteiger partial charge in [-0.2, -0.15) is 0 Å². The van der Waals surface area contributed by atoms with Crippen LogP contribution in [0.3, 0.4) is 0 Å². The molecule has 4 N–H and O–H groups in total. The molecule has 0 aliphatic carbocycles. The molecule has 0 saturated carbocycles. The third kappa shape index (κ3) is 3.06. The Hall–Kier alpha value is -1.55. The highest BCUT2D eigenvalue weighted by molar-refractivity contribution is 5.98. The van der Waals surface area contributed by atoms with Crippen molar-refractivity contribution in [1.29, 1.82) is 0 Å². The Morgan fingerprint density at radius 1 is 1.29 bits per heavy atom. The number of carbonyl (C=O) groups excluding carboxylic acids is 1. The molecule has 1 aromatic rings. The van der Waals surface area contributed by atoms with Gasteiger partial charge in [0.25, 0.3) is 5.91 Å². The number of rotatable bonds is 1. The predicted octanol–water partition coefficient (Wildman–Crippen LogP) is 1.24. The quantitative estimate of drug-likeness (QED) is 0.306. The average Bonchev–Trinajstić information content (AvgIpc) is 2.20. The fraction of sp³-hybridized carbons (Fsp3) is 0.300. The number of hydrogen-bond donors (Lipinski definition) is 2. The van der Waals surface area contributed by atoms with Gasteiger partial charge < -0.3 is 5.73 Å². The minimum Gasteiger partial charge on any atom is -0.398 e. The number of para-hydroxylation sites is 1. The number of benzene rings is 1. The lowest BCUT2D eigenvalue weighted by Gasteiger charge is -2.10. The van der Waals surface area contributed by atoms with Crippen molar-refractivity contribution in [2.24, 2.45) is 5.84 Å². The van der Waals surface area contributed by atoms with Crippen LogP contribution in [0.4, 0.5) is 5.69 Å². The average molecular weight is 195 g/mol. The molecule has 0 spiro atoms. The number of nitrogens with two attached hydrogens (primary N) is 2. The van der Waals surface area contributed by atoms with E-state index < -0.39 is 0 Å². The van der Waals surface area contributed by atoms with E-state index in [0.717, 1.165) is 5.01 Å². The molecule has 1 aromatic carbocycles. The van der Waals surface area contributed by atoms with E-state index in [2.05, 4.69) is 0 Å². The molecule has 0 saturated heterocycles. The number of hydrogen-bond acceptors (Lipinski definition) is 3. The summed E-state index contributed by atoms with van der Waals surface area (Å²) < 4.78 is 0. The molecule has 14 heavy (non-hydrogen) atoms. The van der Waals surface area contributed by atoms with Gasteiger partial charge in [-0.25, -0.2) is 5.84 Å². The van der Waals surface area contributed by atoms with Crippen LogP contribution in [0.25, 0.3) is 0 Å². The summed E-state index contributed by atoms with van der Waals surface area (Å²) in [4.78, 5) is 11.3. The first-order chi connectivity index (χ1) is 6.63. The van der Waals surface area contributed by atoms with Crippen LogP contribution in [-0.2, 0) is 0 Å². The summed E-state index contributed by atoms with van der Waals surface area (Å²) in [6, 6.07) is 6.81. The first-order valence-corrected chi connectivity index (χ1v) is 4.50. The first-order valence-electron chi connectivity index (χ1n) is 4.50. The highest BCUT2D eigenvalue weighted by Gasteiger charge is 2.10. The molecule has 4 nitrogen and oxygen atoms in total. The Bertz CT molecular complexity index is 297. The van der Waals surface area contributed by atoms with Crippen LogP contribution in [-0.4, -0.2) is 18.0 Å². The molecule has 78 valence electrons. The summed E-state index contributed by atoms with van der Waals surface area (Å²) in [5.41, 5.74) is 6.43. The normalized spacial score (nSPS) is 8.57. The lowest BCUT2D eigenvalue weighted by atomic mass is 10.2. The van der Waals surface area contributed by atoms with Gasteiger partial charge in [-0.1, -0.05) is 26.0 Å². The minimum atomic E-state index is -0.284. The SMILES string of the molecule is CC.CN(N)C(=O)c1ccccc1N. The van der Waals surface area contributed by atoms with Gasteiger partial charge in [0.1, 0.15) is 0 Å². The zero-order valence-corrected chi connectivity index (χ0v) is 8.82. The van der Waals surface area contributed by atoms with Crippen LogP contribution < -0.4 is 11.6 Å². The van der Waals surface area contributed by atoms with E-state index in [0.29, 0.717) is 11.3 Å². The second-order valence-electron chi connectivity index (χ2n) is 2.50. The summed E-state index contributed by atoms with van der Waals surface area (Å²) in [5.74, 6) is 4.98. The largest absolute Gasteiger partial charge is 0.398 e. The maximum Gasteiger partial charge on any atom is 0.269 e.